The molecule has 0 radical (unpaired) electrons. The molecular formula is C12H19NO5S2. The number of aromatic carboxylic acids is 1. The van der Waals surface area contributed by atoms with Gasteiger partial charge in [0.2, 0.25) is 10.0 Å². The van der Waals surface area contributed by atoms with E-state index >= 15 is 0 Å². The third-order valence-corrected chi connectivity index (χ3v) is 5.27. The fourth-order valence-corrected chi connectivity index (χ4v) is 3.77. The number of carboxylic acid groups (broad SMARTS) is 1. The maximum atomic E-state index is 12.1. The fraction of sp³-hybridized carbons (Fsp3) is 0.583. The topological polar surface area (TPSA) is 92.7 Å². The maximum absolute atomic E-state index is 12.1. The van der Waals surface area contributed by atoms with E-state index in [1.54, 1.807) is 7.11 Å². The standard InChI is InChI=1S/C12H19NO5S2/c1-12(2,4-5-18-3)8-13-20(16,17)9-6-10(11(14)15)19-7-9/h6-7,13H,4-5,8H2,1-3H3,(H,14,15). The Balaban J connectivity index is 2.72. The highest BCUT2D eigenvalue weighted by atomic mass is 32.2. The minimum Gasteiger partial charge on any atom is -0.477 e. The molecule has 0 aliphatic rings. The molecule has 0 aromatic carbocycles. The van der Waals surface area contributed by atoms with Crippen LogP contribution in [-0.2, 0) is 14.8 Å². The molecule has 20 heavy (non-hydrogen) atoms. The van der Waals surface area contributed by atoms with E-state index in [0.29, 0.717) is 6.61 Å². The molecule has 0 fully saturated rings. The molecule has 114 valence electrons. The highest BCUT2D eigenvalue weighted by molar-refractivity contribution is 7.89. The lowest BCUT2D eigenvalue weighted by atomic mass is 9.90. The van der Waals surface area contributed by atoms with Crippen molar-refractivity contribution in [3.8, 4) is 0 Å². The Morgan fingerprint density at radius 3 is 2.65 bits per heavy atom. The van der Waals surface area contributed by atoms with E-state index in [1.807, 2.05) is 13.8 Å². The largest absolute Gasteiger partial charge is 0.477 e. The Kier molecular flexibility index (Phi) is 5.69. The minimum atomic E-state index is -3.67. The first-order chi connectivity index (χ1) is 9.18. The van der Waals surface area contributed by atoms with E-state index in [0.717, 1.165) is 23.8 Å². The number of thiophene rings is 1. The van der Waals surface area contributed by atoms with Crippen molar-refractivity contribution in [1.82, 2.24) is 4.72 Å². The van der Waals surface area contributed by atoms with E-state index in [-0.39, 0.29) is 21.7 Å². The van der Waals surface area contributed by atoms with Crippen molar-refractivity contribution in [3.63, 3.8) is 0 Å². The molecule has 0 aliphatic heterocycles. The van der Waals surface area contributed by atoms with Gasteiger partial charge in [0.15, 0.2) is 0 Å². The van der Waals surface area contributed by atoms with Crippen LogP contribution in [-0.4, -0.2) is 39.8 Å². The number of hydrogen-bond acceptors (Lipinski definition) is 5. The molecule has 1 rings (SSSR count). The Hall–Kier alpha value is -0.960. The summed E-state index contributed by atoms with van der Waals surface area (Å²) in [5.74, 6) is -1.13. The molecule has 0 unspecified atom stereocenters. The summed E-state index contributed by atoms with van der Waals surface area (Å²) in [6, 6.07) is 1.16. The van der Waals surface area contributed by atoms with Gasteiger partial charge in [-0.3, -0.25) is 0 Å². The third-order valence-electron chi connectivity index (χ3n) is 2.82. The van der Waals surface area contributed by atoms with Crippen molar-refractivity contribution < 1.29 is 23.1 Å². The summed E-state index contributed by atoms with van der Waals surface area (Å²) in [4.78, 5) is 10.7. The Morgan fingerprint density at radius 2 is 2.15 bits per heavy atom. The first-order valence-corrected chi connectivity index (χ1v) is 8.35. The number of nitrogens with one attached hydrogen (secondary N) is 1. The molecule has 6 nitrogen and oxygen atoms in total. The lowest BCUT2D eigenvalue weighted by molar-refractivity contribution is 0.0702. The minimum absolute atomic E-state index is 0.00372. The fourth-order valence-electron chi connectivity index (χ4n) is 1.41. The quantitative estimate of drug-likeness (QED) is 0.761. The van der Waals surface area contributed by atoms with Gasteiger partial charge in [-0.1, -0.05) is 13.8 Å². The number of carbonyl (C=O) groups is 1. The summed E-state index contributed by atoms with van der Waals surface area (Å²) in [6.45, 7) is 4.68. The van der Waals surface area contributed by atoms with Gasteiger partial charge in [-0.2, -0.15) is 0 Å². The molecule has 8 heteroatoms. The van der Waals surface area contributed by atoms with Crippen LogP contribution in [0.1, 0.15) is 29.9 Å². The molecule has 0 bridgehead atoms. The summed E-state index contributed by atoms with van der Waals surface area (Å²) in [7, 11) is -2.08. The number of methoxy groups -OCH3 is 1. The number of ether oxygens (including phenoxy) is 1. The summed E-state index contributed by atoms with van der Waals surface area (Å²) >= 11 is 0.893. The van der Waals surface area contributed by atoms with Crippen molar-refractivity contribution >= 4 is 27.3 Å². The SMILES string of the molecule is COCCC(C)(C)CNS(=O)(=O)c1csc(C(=O)O)c1. The summed E-state index contributed by atoms with van der Waals surface area (Å²) in [6.07, 6.45) is 0.718. The second-order valence-corrected chi connectivity index (χ2v) is 7.86. The van der Waals surface area contributed by atoms with Gasteiger partial charge in [0.25, 0.3) is 0 Å². The number of hydrogen-bond donors (Lipinski definition) is 2. The average molecular weight is 321 g/mol. The molecule has 1 aromatic rings. The molecule has 2 N–H and O–H groups in total. The Morgan fingerprint density at radius 1 is 1.50 bits per heavy atom. The zero-order chi connectivity index (χ0) is 15.4. The van der Waals surface area contributed by atoms with Crippen LogP contribution in [0.25, 0.3) is 0 Å². The molecule has 0 saturated heterocycles. The van der Waals surface area contributed by atoms with Crippen molar-refractivity contribution in [2.24, 2.45) is 5.41 Å². The molecule has 0 saturated carbocycles. The molecule has 0 atom stereocenters. The molecular weight excluding hydrogens is 302 g/mol. The van der Waals surface area contributed by atoms with Crippen molar-refractivity contribution in [3.05, 3.63) is 16.3 Å². The van der Waals surface area contributed by atoms with Crippen LogP contribution in [0, 0.1) is 5.41 Å². The first kappa shape index (κ1) is 17.1. The van der Waals surface area contributed by atoms with Gasteiger partial charge in [-0.25, -0.2) is 17.9 Å². The van der Waals surface area contributed by atoms with Gasteiger partial charge < -0.3 is 9.84 Å². The van der Waals surface area contributed by atoms with Crippen LogP contribution in [0.5, 0.6) is 0 Å². The maximum Gasteiger partial charge on any atom is 0.345 e. The van der Waals surface area contributed by atoms with E-state index in [2.05, 4.69) is 4.72 Å². The molecule has 1 aromatic heterocycles. The first-order valence-electron chi connectivity index (χ1n) is 5.98. The summed E-state index contributed by atoms with van der Waals surface area (Å²) < 4.78 is 31.6. The van der Waals surface area contributed by atoms with E-state index in [1.165, 1.54) is 5.38 Å². The summed E-state index contributed by atoms with van der Waals surface area (Å²) in [5.41, 5.74) is -0.241. The van der Waals surface area contributed by atoms with Crippen LogP contribution >= 0.6 is 11.3 Å². The van der Waals surface area contributed by atoms with Crippen LogP contribution < -0.4 is 4.72 Å². The normalized spacial score (nSPS) is 12.6. The predicted octanol–water partition coefficient (Wildman–Crippen LogP) is 1.79. The van der Waals surface area contributed by atoms with Crippen LogP contribution in [0.3, 0.4) is 0 Å². The Labute approximate surface area is 122 Å². The highest BCUT2D eigenvalue weighted by Gasteiger charge is 2.23. The number of carboxylic acids is 1. The second-order valence-electron chi connectivity index (χ2n) is 5.18. The van der Waals surface area contributed by atoms with Crippen LogP contribution in [0.4, 0.5) is 0 Å². The van der Waals surface area contributed by atoms with E-state index in [9.17, 15) is 13.2 Å². The monoisotopic (exact) mass is 321 g/mol. The van der Waals surface area contributed by atoms with Crippen molar-refractivity contribution in [1.29, 1.82) is 0 Å². The molecule has 1 heterocycles. The molecule has 0 amide bonds. The second kappa shape index (κ2) is 6.66. The average Bonchev–Trinajstić information content (AvgIpc) is 2.85. The third kappa shape index (κ3) is 4.86. The van der Waals surface area contributed by atoms with Gasteiger partial charge in [0, 0.05) is 25.6 Å². The smallest absolute Gasteiger partial charge is 0.345 e. The van der Waals surface area contributed by atoms with Gasteiger partial charge in [-0.05, 0) is 17.9 Å². The summed E-state index contributed by atoms with van der Waals surface area (Å²) in [5, 5.41) is 10.1. The van der Waals surface area contributed by atoms with Crippen molar-refractivity contribution in [2.75, 3.05) is 20.3 Å². The molecule has 0 spiro atoms. The zero-order valence-corrected chi connectivity index (χ0v) is 13.3. The lowest BCUT2D eigenvalue weighted by Gasteiger charge is -2.24. The van der Waals surface area contributed by atoms with Gasteiger partial charge in [0.1, 0.15) is 4.88 Å². The lowest BCUT2D eigenvalue weighted by Crippen LogP contribution is -2.34. The van der Waals surface area contributed by atoms with Gasteiger partial charge >= 0.3 is 5.97 Å². The predicted molar refractivity (Wildman–Crippen MR) is 76.7 cm³/mol. The van der Waals surface area contributed by atoms with Crippen LogP contribution in [0.2, 0.25) is 0 Å². The molecule has 0 aliphatic carbocycles. The van der Waals surface area contributed by atoms with E-state index in [4.69, 9.17) is 9.84 Å². The Bertz CT molecular complexity index is 562. The number of rotatable bonds is 8. The number of sulfonamides is 1. The van der Waals surface area contributed by atoms with Gasteiger partial charge in [0.05, 0.1) is 4.90 Å². The van der Waals surface area contributed by atoms with Gasteiger partial charge in [-0.15, -0.1) is 11.3 Å². The highest BCUT2D eigenvalue weighted by Crippen LogP contribution is 2.22. The van der Waals surface area contributed by atoms with Crippen LogP contribution in [0.15, 0.2) is 16.3 Å². The zero-order valence-electron chi connectivity index (χ0n) is 11.7. The van der Waals surface area contributed by atoms with Crippen molar-refractivity contribution in [2.45, 2.75) is 25.2 Å². The van der Waals surface area contributed by atoms with E-state index < -0.39 is 16.0 Å².